The van der Waals surface area contributed by atoms with Gasteiger partial charge in [-0.1, -0.05) is 12.1 Å². The van der Waals surface area contributed by atoms with Crippen molar-refractivity contribution in [1.82, 2.24) is 15.1 Å². The maximum Gasteiger partial charge on any atom is 0.319 e. The number of hydrogen-bond acceptors (Lipinski definition) is 3. The SMILES string of the molecule is Cn1cc(C(C)(O)CNC(=O)Nc2ccc(C3CC3)cc2)cn1. The van der Waals surface area contributed by atoms with Gasteiger partial charge >= 0.3 is 6.03 Å². The molecule has 0 bridgehead atoms. The summed E-state index contributed by atoms with van der Waals surface area (Å²) in [5.41, 5.74) is 1.57. The van der Waals surface area contributed by atoms with Crippen molar-refractivity contribution in [1.29, 1.82) is 0 Å². The zero-order valence-corrected chi connectivity index (χ0v) is 13.4. The number of amides is 2. The Labute approximate surface area is 135 Å². The summed E-state index contributed by atoms with van der Waals surface area (Å²) < 4.78 is 1.62. The number of hydrogen-bond donors (Lipinski definition) is 3. The van der Waals surface area contributed by atoms with E-state index in [1.54, 1.807) is 31.0 Å². The molecule has 1 atom stereocenters. The van der Waals surface area contributed by atoms with Gasteiger partial charge in [-0.15, -0.1) is 0 Å². The molecule has 0 radical (unpaired) electrons. The Morgan fingerprint density at radius 2 is 2.09 bits per heavy atom. The molecule has 6 heteroatoms. The molecule has 2 aromatic rings. The molecule has 1 aliphatic carbocycles. The standard InChI is InChI=1S/C17H22N4O2/c1-17(23,14-9-19-21(2)10-14)11-18-16(22)20-15-7-5-13(6-8-15)12-3-4-12/h5-10,12,23H,3-4,11H2,1-2H3,(H2,18,20,22). The second-order valence-electron chi connectivity index (χ2n) is 6.38. The summed E-state index contributed by atoms with van der Waals surface area (Å²) in [6.45, 7) is 1.75. The quantitative estimate of drug-likeness (QED) is 0.792. The second kappa shape index (κ2) is 6.04. The van der Waals surface area contributed by atoms with E-state index in [4.69, 9.17) is 0 Å². The number of carbonyl (C=O) groups is 1. The third-order valence-electron chi connectivity index (χ3n) is 4.14. The van der Waals surface area contributed by atoms with Crippen LogP contribution in [0.3, 0.4) is 0 Å². The van der Waals surface area contributed by atoms with Crippen molar-refractivity contribution < 1.29 is 9.90 Å². The lowest BCUT2D eigenvalue weighted by molar-refractivity contribution is 0.0599. The molecule has 1 saturated carbocycles. The number of benzene rings is 1. The monoisotopic (exact) mass is 314 g/mol. The highest BCUT2D eigenvalue weighted by Crippen LogP contribution is 2.40. The molecule has 3 rings (SSSR count). The Morgan fingerprint density at radius 1 is 1.39 bits per heavy atom. The normalized spacial score (nSPS) is 16.7. The predicted molar refractivity (Wildman–Crippen MR) is 88.2 cm³/mol. The first-order valence-electron chi connectivity index (χ1n) is 7.80. The lowest BCUT2D eigenvalue weighted by atomic mass is 10.00. The molecule has 122 valence electrons. The summed E-state index contributed by atoms with van der Waals surface area (Å²) in [4.78, 5) is 12.0. The highest BCUT2D eigenvalue weighted by molar-refractivity contribution is 5.89. The number of aromatic nitrogens is 2. The maximum absolute atomic E-state index is 12.0. The predicted octanol–water partition coefficient (Wildman–Crippen LogP) is 2.33. The number of nitrogens with zero attached hydrogens (tertiary/aromatic N) is 2. The molecule has 0 saturated heterocycles. The van der Waals surface area contributed by atoms with Gasteiger partial charge < -0.3 is 15.7 Å². The van der Waals surface area contributed by atoms with Crippen molar-refractivity contribution in [2.24, 2.45) is 7.05 Å². The minimum absolute atomic E-state index is 0.102. The Balaban J connectivity index is 1.52. The van der Waals surface area contributed by atoms with Crippen LogP contribution in [-0.4, -0.2) is 27.5 Å². The minimum atomic E-state index is -1.17. The summed E-state index contributed by atoms with van der Waals surface area (Å²) in [7, 11) is 1.78. The van der Waals surface area contributed by atoms with Gasteiger partial charge in [0.1, 0.15) is 5.60 Å². The first kappa shape index (κ1) is 15.6. The smallest absolute Gasteiger partial charge is 0.319 e. The Bertz CT molecular complexity index is 687. The number of aliphatic hydroxyl groups is 1. The average Bonchev–Trinajstić information content (AvgIpc) is 3.27. The summed E-state index contributed by atoms with van der Waals surface area (Å²) in [6.07, 6.45) is 5.85. The van der Waals surface area contributed by atoms with Gasteiger partial charge in [0.15, 0.2) is 0 Å². The van der Waals surface area contributed by atoms with E-state index in [0.717, 1.165) is 5.69 Å². The van der Waals surface area contributed by atoms with E-state index in [2.05, 4.69) is 27.9 Å². The zero-order valence-electron chi connectivity index (χ0n) is 13.4. The molecule has 6 nitrogen and oxygen atoms in total. The number of rotatable bonds is 5. The molecule has 1 aliphatic rings. The molecule has 0 aliphatic heterocycles. The number of anilines is 1. The van der Waals surface area contributed by atoms with Gasteiger partial charge in [-0.2, -0.15) is 5.10 Å². The van der Waals surface area contributed by atoms with Crippen LogP contribution in [-0.2, 0) is 12.6 Å². The summed E-state index contributed by atoms with van der Waals surface area (Å²) in [5, 5.41) is 19.9. The Kier molecular flexibility index (Phi) is 4.09. The summed E-state index contributed by atoms with van der Waals surface area (Å²) in [6, 6.07) is 7.59. The fraction of sp³-hybridized carbons (Fsp3) is 0.412. The molecule has 1 aromatic carbocycles. The van der Waals surface area contributed by atoms with Crippen molar-refractivity contribution in [2.75, 3.05) is 11.9 Å². The van der Waals surface area contributed by atoms with Crippen molar-refractivity contribution in [2.45, 2.75) is 31.3 Å². The van der Waals surface area contributed by atoms with Crippen LogP contribution < -0.4 is 10.6 Å². The second-order valence-corrected chi connectivity index (χ2v) is 6.38. The largest absolute Gasteiger partial charge is 0.383 e. The first-order valence-corrected chi connectivity index (χ1v) is 7.80. The van der Waals surface area contributed by atoms with Gasteiger partial charge in [-0.05, 0) is 43.4 Å². The van der Waals surface area contributed by atoms with Crippen molar-refractivity contribution in [3.05, 3.63) is 47.8 Å². The number of aryl methyl sites for hydroxylation is 1. The number of carbonyl (C=O) groups excluding carboxylic acids is 1. The highest BCUT2D eigenvalue weighted by atomic mass is 16.3. The molecule has 1 heterocycles. The van der Waals surface area contributed by atoms with Gasteiger partial charge in [0.05, 0.1) is 12.7 Å². The zero-order chi connectivity index (χ0) is 16.4. The van der Waals surface area contributed by atoms with Crippen LogP contribution in [0.1, 0.15) is 36.8 Å². The van der Waals surface area contributed by atoms with Gasteiger partial charge in [0.2, 0.25) is 0 Å². The molecule has 2 amide bonds. The molecule has 1 aromatic heterocycles. The minimum Gasteiger partial charge on any atom is -0.383 e. The molecule has 1 fully saturated rings. The van der Waals surface area contributed by atoms with Gasteiger partial charge in [-0.25, -0.2) is 4.79 Å². The van der Waals surface area contributed by atoms with Gasteiger partial charge in [0.25, 0.3) is 0 Å². The van der Waals surface area contributed by atoms with Crippen LogP contribution in [0.4, 0.5) is 10.5 Å². The average molecular weight is 314 g/mol. The number of nitrogens with one attached hydrogen (secondary N) is 2. The lowest BCUT2D eigenvalue weighted by Crippen LogP contribution is -2.40. The highest BCUT2D eigenvalue weighted by Gasteiger charge is 2.25. The molecule has 23 heavy (non-hydrogen) atoms. The van der Waals surface area contributed by atoms with E-state index in [1.807, 2.05) is 12.1 Å². The topological polar surface area (TPSA) is 79.2 Å². The Morgan fingerprint density at radius 3 is 2.65 bits per heavy atom. The van der Waals surface area contributed by atoms with E-state index in [0.29, 0.717) is 11.5 Å². The van der Waals surface area contributed by atoms with Gasteiger partial charge in [0, 0.05) is 24.5 Å². The van der Waals surface area contributed by atoms with Crippen molar-refractivity contribution >= 4 is 11.7 Å². The molecule has 1 unspecified atom stereocenters. The van der Waals surface area contributed by atoms with Crippen molar-refractivity contribution in [3.63, 3.8) is 0 Å². The maximum atomic E-state index is 12.0. The van der Waals surface area contributed by atoms with Crippen LogP contribution in [0.25, 0.3) is 0 Å². The fourth-order valence-electron chi connectivity index (χ4n) is 2.48. The van der Waals surface area contributed by atoms with E-state index >= 15 is 0 Å². The molecule has 3 N–H and O–H groups in total. The van der Waals surface area contributed by atoms with Crippen LogP contribution in [0.5, 0.6) is 0 Å². The van der Waals surface area contributed by atoms with Crippen LogP contribution in [0, 0.1) is 0 Å². The van der Waals surface area contributed by atoms with E-state index in [9.17, 15) is 9.90 Å². The van der Waals surface area contributed by atoms with Crippen LogP contribution in [0.2, 0.25) is 0 Å². The third kappa shape index (κ3) is 3.90. The molecule has 0 spiro atoms. The Hall–Kier alpha value is -2.34. The first-order chi connectivity index (χ1) is 10.9. The van der Waals surface area contributed by atoms with Crippen LogP contribution >= 0.6 is 0 Å². The van der Waals surface area contributed by atoms with E-state index < -0.39 is 5.60 Å². The molecular formula is C17H22N4O2. The lowest BCUT2D eigenvalue weighted by Gasteiger charge is -2.22. The van der Waals surface area contributed by atoms with E-state index in [-0.39, 0.29) is 12.6 Å². The van der Waals surface area contributed by atoms with Gasteiger partial charge in [-0.3, -0.25) is 4.68 Å². The molecular weight excluding hydrogens is 292 g/mol. The third-order valence-corrected chi connectivity index (χ3v) is 4.14. The van der Waals surface area contributed by atoms with Crippen LogP contribution in [0.15, 0.2) is 36.7 Å². The summed E-state index contributed by atoms with van der Waals surface area (Å²) >= 11 is 0. The fourth-order valence-corrected chi connectivity index (χ4v) is 2.48. The van der Waals surface area contributed by atoms with E-state index in [1.165, 1.54) is 18.4 Å². The summed E-state index contributed by atoms with van der Waals surface area (Å²) in [5.74, 6) is 0.701. The number of urea groups is 1. The van der Waals surface area contributed by atoms with Crippen molar-refractivity contribution in [3.8, 4) is 0 Å².